The van der Waals surface area contributed by atoms with Crippen LogP contribution in [-0.2, 0) is 16.4 Å². The van der Waals surface area contributed by atoms with Gasteiger partial charge in [-0.15, -0.1) is 0 Å². The number of hydrogen-bond acceptors (Lipinski definition) is 6. The van der Waals surface area contributed by atoms with Crippen molar-refractivity contribution < 1.29 is 13.2 Å². The number of fused-ring (bicyclic) bond motifs is 1. The largest absolute Gasteiger partial charge is 0.492 e. The van der Waals surface area contributed by atoms with Crippen molar-refractivity contribution in [2.24, 2.45) is 0 Å². The SMILES string of the molecule is CN(C)CCOc1cccc(CN2CCN(C)[C@@H]3CS(=O)(=O)C[C@@H]32)c1. The summed E-state index contributed by atoms with van der Waals surface area (Å²) in [6.07, 6.45) is 0. The van der Waals surface area contributed by atoms with E-state index in [1.165, 1.54) is 5.56 Å². The van der Waals surface area contributed by atoms with Gasteiger partial charge in [0.1, 0.15) is 12.4 Å². The van der Waals surface area contributed by atoms with E-state index in [0.717, 1.165) is 31.9 Å². The van der Waals surface area contributed by atoms with Gasteiger partial charge in [0, 0.05) is 38.3 Å². The number of ether oxygens (including phenoxy) is 1. The Morgan fingerprint density at radius 3 is 2.72 bits per heavy atom. The van der Waals surface area contributed by atoms with E-state index in [-0.39, 0.29) is 17.8 Å². The standard InChI is InChI=1S/C18H29N3O3S/c1-19(2)9-10-24-16-6-4-5-15(11-16)12-21-8-7-20(3)17-13-25(22,23)14-18(17)21/h4-6,11,17-18H,7-10,12-14H2,1-3H3/t17-,18+/m1/s1. The van der Waals surface area contributed by atoms with E-state index in [1.807, 2.05) is 33.3 Å². The normalized spacial score (nSPS) is 26.7. The highest BCUT2D eigenvalue weighted by atomic mass is 32.2. The minimum Gasteiger partial charge on any atom is -0.492 e. The maximum Gasteiger partial charge on any atom is 0.153 e. The summed E-state index contributed by atoms with van der Waals surface area (Å²) in [5, 5.41) is 0. The van der Waals surface area contributed by atoms with Crippen LogP contribution in [0.5, 0.6) is 5.75 Å². The number of rotatable bonds is 6. The molecule has 0 radical (unpaired) electrons. The zero-order valence-electron chi connectivity index (χ0n) is 15.4. The molecule has 140 valence electrons. The quantitative estimate of drug-likeness (QED) is 0.732. The van der Waals surface area contributed by atoms with Crippen LogP contribution < -0.4 is 4.74 Å². The summed E-state index contributed by atoms with van der Waals surface area (Å²) in [5.74, 6) is 1.45. The van der Waals surface area contributed by atoms with Crippen LogP contribution in [-0.4, -0.2) is 94.1 Å². The molecule has 0 spiro atoms. The van der Waals surface area contributed by atoms with Gasteiger partial charge in [0.2, 0.25) is 0 Å². The zero-order valence-corrected chi connectivity index (χ0v) is 16.2. The van der Waals surface area contributed by atoms with Crippen molar-refractivity contribution in [3.63, 3.8) is 0 Å². The molecule has 1 aromatic rings. The number of nitrogens with zero attached hydrogens (tertiary/aromatic N) is 3. The van der Waals surface area contributed by atoms with Crippen LogP contribution in [0.3, 0.4) is 0 Å². The molecular weight excluding hydrogens is 338 g/mol. The average molecular weight is 368 g/mol. The third-order valence-electron chi connectivity index (χ3n) is 5.16. The summed E-state index contributed by atoms with van der Waals surface area (Å²) >= 11 is 0. The molecular formula is C18H29N3O3S. The topological polar surface area (TPSA) is 53.1 Å². The summed E-state index contributed by atoms with van der Waals surface area (Å²) in [5.41, 5.74) is 1.18. The van der Waals surface area contributed by atoms with E-state index in [4.69, 9.17) is 4.74 Å². The number of likely N-dealkylation sites (N-methyl/N-ethyl adjacent to an activating group) is 2. The first-order valence-corrected chi connectivity index (χ1v) is 10.7. The van der Waals surface area contributed by atoms with E-state index >= 15 is 0 Å². The Labute approximate surface area is 151 Å². The fourth-order valence-corrected chi connectivity index (χ4v) is 5.79. The van der Waals surface area contributed by atoms with Crippen LogP contribution in [0, 0.1) is 0 Å². The summed E-state index contributed by atoms with van der Waals surface area (Å²) in [7, 11) is 3.16. The Morgan fingerprint density at radius 2 is 1.96 bits per heavy atom. The van der Waals surface area contributed by atoms with E-state index in [2.05, 4.69) is 26.8 Å². The molecule has 2 aliphatic rings. The zero-order chi connectivity index (χ0) is 18.0. The highest BCUT2D eigenvalue weighted by molar-refractivity contribution is 7.91. The number of sulfone groups is 1. The van der Waals surface area contributed by atoms with Gasteiger partial charge in [0.25, 0.3) is 0 Å². The van der Waals surface area contributed by atoms with E-state index in [0.29, 0.717) is 12.4 Å². The van der Waals surface area contributed by atoms with Gasteiger partial charge in [-0.25, -0.2) is 8.42 Å². The summed E-state index contributed by atoms with van der Waals surface area (Å²) in [6.45, 7) is 4.13. The Bertz CT molecular complexity index is 693. The molecule has 0 aliphatic carbocycles. The molecule has 2 fully saturated rings. The molecule has 3 rings (SSSR count). The van der Waals surface area contributed by atoms with Gasteiger partial charge in [-0.2, -0.15) is 0 Å². The minimum absolute atomic E-state index is 0.0991. The number of benzene rings is 1. The predicted molar refractivity (Wildman–Crippen MR) is 99.8 cm³/mol. The van der Waals surface area contributed by atoms with Gasteiger partial charge in [0.05, 0.1) is 11.5 Å². The maximum absolute atomic E-state index is 12.1. The maximum atomic E-state index is 12.1. The molecule has 25 heavy (non-hydrogen) atoms. The molecule has 0 amide bonds. The monoisotopic (exact) mass is 367 g/mol. The van der Waals surface area contributed by atoms with Crippen molar-refractivity contribution in [1.82, 2.24) is 14.7 Å². The first kappa shape index (κ1) is 18.6. The van der Waals surface area contributed by atoms with Crippen LogP contribution in [0.25, 0.3) is 0 Å². The van der Waals surface area contributed by atoms with Crippen LogP contribution in [0.4, 0.5) is 0 Å². The Balaban J connectivity index is 1.65. The highest BCUT2D eigenvalue weighted by Gasteiger charge is 2.45. The molecule has 0 N–H and O–H groups in total. The molecule has 0 bridgehead atoms. The van der Waals surface area contributed by atoms with Crippen LogP contribution >= 0.6 is 0 Å². The molecule has 0 unspecified atom stereocenters. The van der Waals surface area contributed by atoms with Gasteiger partial charge in [0.15, 0.2) is 9.84 Å². The van der Waals surface area contributed by atoms with E-state index < -0.39 is 9.84 Å². The Kier molecular flexibility index (Phi) is 5.68. The number of hydrogen-bond donors (Lipinski definition) is 0. The van der Waals surface area contributed by atoms with Crippen molar-refractivity contribution in [3.05, 3.63) is 29.8 Å². The number of piperazine rings is 1. The van der Waals surface area contributed by atoms with Crippen LogP contribution in [0.2, 0.25) is 0 Å². The Hall–Kier alpha value is -1.15. The van der Waals surface area contributed by atoms with Crippen molar-refractivity contribution in [2.75, 3.05) is 58.9 Å². The lowest BCUT2D eigenvalue weighted by Gasteiger charge is -2.42. The first-order valence-electron chi connectivity index (χ1n) is 8.85. The second-order valence-corrected chi connectivity index (χ2v) is 9.62. The lowest BCUT2D eigenvalue weighted by atomic mass is 10.0. The summed E-state index contributed by atoms with van der Waals surface area (Å²) < 4.78 is 30.0. The summed E-state index contributed by atoms with van der Waals surface area (Å²) in [6, 6.07) is 8.38. The van der Waals surface area contributed by atoms with E-state index in [9.17, 15) is 8.42 Å². The summed E-state index contributed by atoms with van der Waals surface area (Å²) in [4.78, 5) is 6.62. The molecule has 7 heteroatoms. The second kappa shape index (κ2) is 7.61. The Morgan fingerprint density at radius 1 is 1.20 bits per heavy atom. The first-order chi connectivity index (χ1) is 11.8. The molecule has 6 nitrogen and oxygen atoms in total. The van der Waals surface area contributed by atoms with Crippen molar-refractivity contribution >= 4 is 9.84 Å². The molecule has 2 saturated heterocycles. The van der Waals surface area contributed by atoms with Gasteiger partial charge >= 0.3 is 0 Å². The molecule has 0 aromatic heterocycles. The van der Waals surface area contributed by atoms with Gasteiger partial charge in [-0.05, 0) is 38.8 Å². The second-order valence-electron chi connectivity index (χ2n) is 7.46. The molecule has 2 heterocycles. The van der Waals surface area contributed by atoms with Crippen LogP contribution in [0.1, 0.15) is 5.56 Å². The minimum atomic E-state index is -2.93. The molecule has 2 aliphatic heterocycles. The fourth-order valence-electron chi connectivity index (χ4n) is 3.71. The van der Waals surface area contributed by atoms with E-state index in [1.54, 1.807) is 0 Å². The van der Waals surface area contributed by atoms with Gasteiger partial charge in [-0.1, -0.05) is 12.1 Å². The molecule has 0 saturated carbocycles. The van der Waals surface area contributed by atoms with Crippen LogP contribution in [0.15, 0.2) is 24.3 Å². The third kappa shape index (κ3) is 4.73. The lowest BCUT2D eigenvalue weighted by Crippen LogP contribution is -2.57. The molecule has 2 atom stereocenters. The van der Waals surface area contributed by atoms with Gasteiger partial charge < -0.3 is 9.64 Å². The molecule has 1 aromatic carbocycles. The van der Waals surface area contributed by atoms with Gasteiger partial charge in [-0.3, -0.25) is 9.80 Å². The average Bonchev–Trinajstić information content (AvgIpc) is 2.87. The van der Waals surface area contributed by atoms with Crippen molar-refractivity contribution in [2.45, 2.75) is 18.6 Å². The smallest absolute Gasteiger partial charge is 0.153 e. The highest BCUT2D eigenvalue weighted by Crippen LogP contribution is 2.27. The predicted octanol–water partition coefficient (Wildman–Crippen LogP) is 0.540. The fraction of sp³-hybridized carbons (Fsp3) is 0.667. The third-order valence-corrected chi connectivity index (χ3v) is 6.86. The lowest BCUT2D eigenvalue weighted by molar-refractivity contribution is 0.0572. The van der Waals surface area contributed by atoms with Crippen molar-refractivity contribution in [1.29, 1.82) is 0 Å². The van der Waals surface area contributed by atoms with Crippen molar-refractivity contribution in [3.8, 4) is 5.75 Å².